The van der Waals surface area contributed by atoms with Crippen LogP contribution >= 0.6 is 11.3 Å². The van der Waals surface area contributed by atoms with E-state index >= 15 is 0 Å². The van der Waals surface area contributed by atoms with E-state index in [0.29, 0.717) is 48.1 Å². The SMILES string of the molecule is CC(C)C[C@@H]1CN(c2ccccc2)c2cc(OCCc3cscn3)c(-c3ccc(F)cc3)cc2S(=O)(=O)N1C. The third kappa shape index (κ3) is 5.85. The van der Waals surface area contributed by atoms with Crippen LogP contribution in [0.1, 0.15) is 26.0 Å². The summed E-state index contributed by atoms with van der Waals surface area (Å²) in [7, 11) is -2.19. The highest BCUT2D eigenvalue weighted by Gasteiger charge is 2.38. The van der Waals surface area contributed by atoms with Crippen molar-refractivity contribution in [3.63, 3.8) is 0 Å². The number of thiazole rings is 1. The Morgan fingerprint density at radius 1 is 1.10 bits per heavy atom. The molecule has 2 heterocycles. The molecule has 1 aliphatic rings. The molecule has 0 saturated carbocycles. The van der Waals surface area contributed by atoms with E-state index in [9.17, 15) is 12.8 Å². The van der Waals surface area contributed by atoms with Crippen molar-refractivity contribution >= 4 is 32.7 Å². The van der Waals surface area contributed by atoms with E-state index in [1.54, 1.807) is 30.8 Å². The van der Waals surface area contributed by atoms with Gasteiger partial charge in [-0.3, -0.25) is 0 Å². The molecule has 204 valence electrons. The van der Waals surface area contributed by atoms with Crippen LogP contribution in [-0.4, -0.2) is 43.9 Å². The van der Waals surface area contributed by atoms with Crippen LogP contribution in [0, 0.1) is 11.7 Å². The second-order valence-electron chi connectivity index (χ2n) is 10.2. The Morgan fingerprint density at radius 3 is 2.51 bits per heavy atom. The van der Waals surface area contributed by atoms with Gasteiger partial charge in [0.15, 0.2) is 0 Å². The van der Waals surface area contributed by atoms with Crippen molar-refractivity contribution in [2.24, 2.45) is 5.92 Å². The number of fused-ring (bicyclic) bond motifs is 1. The van der Waals surface area contributed by atoms with Crippen molar-refractivity contribution in [1.82, 2.24) is 9.29 Å². The minimum absolute atomic E-state index is 0.200. The number of hydrogen-bond donors (Lipinski definition) is 0. The number of anilines is 2. The van der Waals surface area contributed by atoms with Gasteiger partial charge in [-0.1, -0.05) is 44.2 Å². The number of rotatable bonds is 8. The molecule has 0 saturated heterocycles. The van der Waals surface area contributed by atoms with Crippen LogP contribution in [0.3, 0.4) is 0 Å². The molecule has 0 bridgehead atoms. The predicted molar refractivity (Wildman–Crippen MR) is 155 cm³/mol. The quantitative estimate of drug-likeness (QED) is 0.236. The second-order valence-corrected chi connectivity index (χ2v) is 12.8. The summed E-state index contributed by atoms with van der Waals surface area (Å²) >= 11 is 1.53. The number of nitrogens with zero attached hydrogens (tertiary/aromatic N) is 3. The molecule has 1 aromatic heterocycles. The zero-order valence-corrected chi connectivity index (χ0v) is 23.9. The monoisotopic (exact) mass is 565 g/mol. The summed E-state index contributed by atoms with van der Waals surface area (Å²) in [6.07, 6.45) is 1.33. The van der Waals surface area contributed by atoms with E-state index in [0.717, 1.165) is 17.8 Å². The van der Waals surface area contributed by atoms with Crippen molar-refractivity contribution in [3.8, 4) is 16.9 Å². The highest BCUT2D eigenvalue weighted by atomic mass is 32.2. The van der Waals surface area contributed by atoms with Crippen molar-refractivity contribution in [1.29, 1.82) is 0 Å². The fraction of sp³-hybridized carbons (Fsp3) is 0.300. The van der Waals surface area contributed by atoms with Crippen LogP contribution in [0.4, 0.5) is 15.8 Å². The number of ether oxygens (including phenoxy) is 1. The molecule has 4 aromatic rings. The molecule has 0 amide bonds. The van der Waals surface area contributed by atoms with E-state index in [2.05, 4.69) is 23.7 Å². The molecule has 9 heteroatoms. The Balaban J connectivity index is 1.68. The summed E-state index contributed by atoms with van der Waals surface area (Å²) in [6, 6.07) is 19.1. The lowest BCUT2D eigenvalue weighted by Gasteiger charge is -2.30. The minimum atomic E-state index is -3.85. The summed E-state index contributed by atoms with van der Waals surface area (Å²) in [5.41, 5.74) is 5.46. The molecule has 0 spiro atoms. The van der Waals surface area contributed by atoms with Crippen LogP contribution in [0.2, 0.25) is 0 Å². The summed E-state index contributed by atoms with van der Waals surface area (Å²) in [6.45, 7) is 5.07. The van der Waals surface area contributed by atoms with E-state index in [4.69, 9.17) is 4.74 Å². The highest BCUT2D eigenvalue weighted by molar-refractivity contribution is 7.89. The van der Waals surface area contributed by atoms with Gasteiger partial charge in [0, 0.05) is 48.8 Å². The van der Waals surface area contributed by atoms with Gasteiger partial charge in [-0.2, -0.15) is 4.31 Å². The third-order valence-electron chi connectivity index (χ3n) is 6.98. The molecule has 39 heavy (non-hydrogen) atoms. The molecule has 0 aliphatic carbocycles. The summed E-state index contributed by atoms with van der Waals surface area (Å²) in [5.74, 6) is 0.487. The van der Waals surface area contributed by atoms with Crippen LogP contribution < -0.4 is 9.64 Å². The zero-order chi connectivity index (χ0) is 27.6. The van der Waals surface area contributed by atoms with Gasteiger partial charge >= 0.3 is 0 Å². The Bertz CT molecular complexity index is 1510. The molecule has 1 atom stereocenters. The van der Waals surface area contributed by atoms with Gasteiger partial charge in [0.05, 0.1) is 23.5 Å². The molecular formula is C30H32FN3O3S2. The maximum Gasteiger partial charge on any atom is 0.245 e. The van der Waals surface area contributed by atoms with Crippen molar-refractivity contribution in [3.05, 3.63) is 89.1 Å². The predicted octanol–water partition coefficient (Wildman–Crippen LogP) is 6.76. The first-order valence-electron chi connectivity index (χ1n) is 13.0. The Kier molecular flexibility index (Phi) is 8.02. The smallest absolute Gasteiger partial charge is 0.245 e. The van der Waals surface area contributed by atoms with Crippen LogP contribution in [0.5, 0.6) is 5.75 Å². The molecule has 0 N–H and O–H groups in total. The molecule has 1 aliphatic heterocycles. The average Bonchev–Trinajstić information content (AvgIpc) is 3.42. The lowest BCUT2D eigenvalue weighted by Crippen LogP contribution is -2.41. The largest absolute Gasteiger partial charge is 0.492 e. The van der Waals surface area contributed by atoms with Gasteiger partial charge in [-0.15, -0.1) is 11.3 Å². The lowest BCUT2D eigenvalue weighted by atomic mass is 10.0. The Morgan fingerprint density at radius 2 is 1.85 bits per heavy atom. The second kappa shape index (κ2) is 11.5. The van der Waals surface area contributed by atoms with Crippen molar-refractivity contribution in [2.45, 2.75) is 37.6 Å². The first-order chi connectivity index (χ1) is 18.7. The standard InChI is InChI=1S/C30H32FN3O3S2/c1-21(2)15-26-18-34(25-7-5-4-6-8-25)28-17-29(37-14-13-24-19-38-20-32-24)27(22-9-11-23(31)12-10-22)16-30(28)39(35,36)33(26)3/h4-12,16-17,19-21,26H,13-15,18H2,1-3H3/t26-/m1/s1. The number of likely N-dealkylation sites (N-methyl/N-ethyl adjacent to an activating group) is 1. The van der Waals surface area contributed by atoms with Gasteiger partial charge in [0.25, 0.3) is 0 Å². The van der Waals surface area contributed by atoms with E-state index < -0.39 is 10.0 Å². The molecule has 3 aromatic carbocycles. The maximum absolute atomic E-state index is 14.1. The number of hydrogen-bond acceptors (Lipinski definition) is 6. The van der Waals surface area contributed by atoms with E-state index in [1.807, 2.05) is 41.8 Å². The molecular weight excluding hydrogens is 533 g/mol. The first kappa shape index (κ1) is 27.3. The Hall–Kier alpha value is -3.27. The molecule has 5 rings (SSSR count). The molecule has 6 nitrogen and oxygen atoms in total. The fourth-order valence-electron chi connectivity index (χ4n) is 4.96. The number of para-hydroxylation sites is 1. The van der Waals surface area contributed by atoms with Gasteiger partial charge in [0.2, 0.25) is 10.0 Å². The third-order valence-corrected chi connectivity index (χ3v) is 9.56. The van der Waals surface area contributed by atoms with Crippen LogP contribution in [0.25, 0.3) is 11.1 Å². The summed E-state index contributed by atoms with van der Waals surface area (Å²) < 4.78 is 49.8. The summed E-state index contributed by atoms with van der Waals surface area (Å²) in [5, 5.41) is 1.98. The lowest BCUT2D eigenvalue weighted by molar-refractivity contribution is 0.322. The van der Waals surface area contributed by atoms with Gasteiger partial charge < -0.3 is 9.64 Å². The maximum atomic E-state index is 14.1. The number of sulfonamides is 1. The van der Waals surface area contributed by atoms with E-state index in [1.165, 1.54) is 27.8 Å². The molecule has 0 radical (unpaired) electrons. The van der Waals surface area contributed by atoms with Crippen molar-refractivity contribution in [2.75, 3.05) is 25.1 Å². The average molecular weight is 566 g/mol. The number of benzene rings is 3. The van der Waals surface area contributed by atoms with Crippen LogP contribution in [-0.2, 0) is 16.4 Å². The number of halogens is 1. The van der Waals surface area contributed by atoms with Gasteiger partial charge in [0.1, 0.15) is 16.5 Å². The van der Waals surface area contributed by atoms with Crippen LogP contribution in [0.15, 0.2) is 82.5 Å². The zero-order valence-electron chi connectivity index (χ0n) is 22.2. The minimum Gasteiger partial charge on any atom is -0.492 e. The highest BCUT2D eigenvalue weighted by Crippen LogP contribution is 2.44. The topological polar surface area (TPSA) is 62.7 Å². The van der Waals surface area contributed by atoms with Gasteiger partial charge in [-0.25, -0.2) is 17.8 Å². The first-order valence-corrected chi connectivity index (χ1v) is 15.4. The van der Waals surface area contributed by atoms with Crippen molar-refractivity contribution < 1.29 is 17.5 Å². The fourth-order valence-corrected chi connectivity index (χ4v) is 7.11. The Labute approximate surface area is 233 Å². The van der Waals surface area contributed by atoms with E-state index in [-0.39, 0.29) is 16.8 Å². The van der Waals surface area contributed by atoms with Gasteiger partial charge in [-0.05, 0) is 48.2 Å². The molecule has 0 unspecified atom stereocenters. The summed E-state index contributed by atoms with van der Waals surface area (Å²) in [4.78, 5) is 6.61. The number of aromatic nitrogens is 1. The molecule has 0 fully saturated rings. The normalized spacial score (nSPS) is 17.2.